The fourth-order valence-corrected chi connectivity index (χ4v) is 0.953. The molecule has 1 heterocycles. The van der Waals surface area contributed by atoms with Crippen molar-refractivity contribution in [2.75, 3.05) is 6.61 Å². The molecule has 1 N–H and O–H groups in total. The van der Waals surface area contributed by atoms with Gasteiger partial charge in [-0.2, -0.15) is 0 Å². The summed E-state index contributed by atoms with van der Waals surface area (Å²) in [5, 5.41) is 0. The van der Waals surface area contributed by atoms with Gasteiger partial charge < -0.3 is 4.74 Å². The molecule has 1 aliphatic rings. The minimum atomic E-state index is -0.243. The van der Waals surface area contributed by atoms with Crippen molar-refractivity contribution in [1.82, 2.24) is 5.48 Å². The van der Waals surface area contributed by atoms with Crippen molar-refractivity contribution in [2.24, 2.45) is 0 Å². The third-order valence-electron chi connectivity index (χ3n) is 1.47. The molecule has 0 radical (unpaired) electrons. The Labute approximate surface area is 65.8 Å². The highest BCUT2D eigenvalue weighted by atomic mass is 16.8. The molecule has 1 unspecified atom stereocenters. The number of rotatable bonds is 2. The Morgan fingerprint density at radius 3 is 3.00 bits per heavy atom. The first-order valence-corrected chi connectivity index (χ1v) is 3.83. The Hall–Kier alpha value is -0.610. The number of carbonyl (C=O) groups excluding carboxylic acids is 1. The molecule has 0 bridgehead atoms. The highest BCUT2D eigenvalue weighted by Crippen LogP contribution is 2.12. The molecule has 4 heteroatoms. The minimum absolute atomic E-state index is 0.195. The Kier molecular flexibility index (Phi) is 3.32. The molecule has 0 aliphatic carbocycles. The molecule has 1 amide bonds. The maximum absolute atomic E-state index is 10.4. The number of hydrogen-bond donors (Lipinski definition) is 1. The van der Waals surface area contributed by atoms with Crippen molar-refractivity contribution in [3.05, 3.63) is 0 Å². The van der Waals surface area contributed by atoms with Crippen molar-refractivity contribution < 1.29 is 14.4 Å². The zero-order chi connectivity index (χ0) is 8.10. The summed E-state index contributed by atoms with van der Waals surface area (Å²) in [6.45, 7) is 2.13. The maximum Gasteiger partial charge on any atom is 0.240 e. The standard InChI is InChI=1S/C7H13NO3/c1-6(9)8-11-7-4-2-3-5-10-7/h7H,2-5H2,1H3,(H,8,9). The Morgan fingerprint density at radius 2 is 2.45 bits per heavy atom. The van der Waals surface area contributed by atoms with E-state index in [9.17, 15) is 4.79 Å². The van der Waals surface area contributed by atoms with Crippen molar-refractivity contribution in [3.63, 3.8) is 0 Å². The van der Waals surface area contributed by atoms with Crippen LogP contribution < -0.4 is 5.48 Å². The van der Waals surface area contributed by atoms with E-state index < -0.39 is 0 Å². The summed E-state index contributed by atoms with van der Waals surface area (Å²) in [7, 11) is 0. The minimum Gasteiger partial charge on any atom is -0.350 e. The highest BCUT2D eigenvalue weighted by Gasteiger charge is 2.14. The lowest BCUT2D eigenvalue weighted by Gasteiger charge is -2.21. The van der Waals surface area contributed by atoms with Gasteiger partial charge in [0.1, 0.15) is 0 Å². The average Bonchev–Trinajstić information content (AvgIpc) is 2.03. The number of hydrogen-bond acceptors (Lipinski definition) is 3. The summed E-state index contributed by atoms with van der Waals surface area (Å²) in [5.41, 5.74) is 2.25. The van der Waals surface area contributed by atoms with Gasteiger partial charge in [0.25, 0.3) is 0 Å². The SMILES string of the molecule is CC(=O)NOC1CCCCO1. The average molecular weight is 159 g/mol. The molecule has 11 heavy (non-hydrogen) atoms. The second-order valence-electron chi connectivity index (χ2n) is 2.57. The van der Waals surface area contributed by atoms with Gasteiger partial charge in [0.15, 0.2) is 6.29 Å². The van der Waals surface area contributed by atoms with E-state index in [2.05, 4.69) is 5.48 Å². The molecule has 1 aliphatic heterocycles. The summed E-state index contributed by atoms with van der Waals surface area (Å²) >= 11 is 0. The summed E-state index contributed by atoms with van der Waals surface area (Å²) in [4.78, 5) is 15.3. The predicted molar refractivity (Wildman–Crippen MR) is 38.5 cm³/mol. The highest BCUT2D eigenvalue weighted by molar-refractivity contribution is 5.71. The van der Waals surface area contributed by atoms with Crippen LogP contribution in [0.15, 0.2) is 0 Å². The van der Waals surface area contributed by atoms with E-state index in [0.29, 0.717) is 0 Å². The largest absolute Gasteiger partial charge is 0.350 e. The molecular weight excluding hydrogens is 146 g/mol. The van der Waals surface area contributed by atoms with Gasteiger partial charge >= 0.3 is 0 Å². The summed E-state index contributed by atoms with van der Waals surface area (Å²) in [6.07, 6.45) is 2.80. The van der Waals surface area contributed by atoms with Crippen LogP contribution in [0.1, 0.15) is 26.2 Å². The van der Waals surface area contributed by atoms with Crippen LogP contribution in [0.5, 0.6) is 0 Å². The third kappa shape index (κ3) is 3.34. The first-order valence-electron chi connectivity index (χ1n) is 3.83. The molecule has 0 aromatic heterocycles. The number of ether oxygens (including phenoxy) is 1. The van der Waals surface area contributed by atoms with Gasteiger partial charge in [-0.1, -0.05) is 0 Å². The predicted octanol–water partition coefficient (Wildman–Crippen LogP) is 0.581. The summed E-state index contributed by atoms with van der Waals surface area (Å²) < 4.78 is 5.19. The maximum atomic E-state index is 10.4. The molecule has 1 rings (SSSR count). The fourth-order valence-electron chi connectivity index (χ4n) is 0.953. The monoisotopic (exact) mass is 159 g/mol. The van der Waals surface area contributed by atoms with Crippen LogP contribution in [-0.4, -0.2) is 18.8 Å². The van der Waals surface area contributed by atoms with Gasteiger partial charge in [-0.3, -0.25) is 4.79 Å². The van der Waals surface area contributed by atoms with Gasteiger partial charge in [0.2, 0.25) is 5.91 Å². The molecule has 0 aromatic rings. The zero-order valence-corrected chi connectivity index (χ0v) is 6.63. The van der Waals surface area contributed by atoms with E-state index in [4.69, 9.17) is 9.57 Å². The van der Waals surface area contributed by atoms with Crippen molar-refractivity contribution in [2.45, 2.75) is 32.5 Å². The normalized spacial score (nSPS) is 24.6. The van der Waals surface area contributed by atoms with E-state index in [-0.39, 0.29) is 12.2 Å². The van der Waals surface area contributed by atoms with Crippen LogP contribution in [-0.2, 0) is 14.4 Å². The van der Waals surface area contributed by atoms with Crippen LogP contribution in [0.4, 0.5) is 0 Å². The molecule has 64 valence electrons. The van der Waals surface area contributed by atoms with Crippen LogP contribution in [0, 0.1) is 0 Å². The molecule has 0 saturated carbocycles. The molecule has 0 aromatic carbocycles. The van der Waals surface area contributed by atoms with Crippen LogP contribution in [0.2, 0.25) is 0 Å². The summed E-state index contributed by atoms with van der Waals surface area (Å²) in [6, 6.07) is 0. The van der Waals surface area contributed by atoms with Crippen LogP contribution >= 0.6 is 0 Å². The van der Waals surface area contributed by atoms with Gasteiger partial charge in [-0.25, -0.2) is 10.3 Å². The topological polar surface area (TPSA) is 47.6 Å². The van der Waals surface area contributed by atoms with Crippen molar-refractivity contribution in [3.8, 4) is 0 Å². The summed E-state index contributed by atoms with van der Waals surface area (Å²) in [5.74, 6) is -0.195. The number of carbonyl (C=O) groups is 1. The van der Waals surface area contributed by atoms with E-state index >= 15 is 0 Å². The zero-order valence-electron chi connectivity index (χ0n) is 6.63. The van der Waals surface area contributed by atoms with Gasteiger partial charge in [-0.15, -0.1) is 0 Å². The second kappa shape index (κ2) is 4.31. The van der Waals surface area contributed by atoms with E-state index in [0.717, 1.165) is 25.9 Å². The first-order chi connectivity index (χ1) is 5.29. The molecule has 1 fully saturated rings. The van der Waals surface area contributed by atoms with Crippen LogP contribution in [0.25, 0.3) is 0 Å². The lowest BCUT2D eigenvalue weighted by atomic mass is 10.2. The Balaban J connectivity index is 2.09. The van der Waals surface area contributed by atoms with E-state index in [1.165, 1.54) is 6.92 Å². The van der Waals surface area contributed by atoms with E-state index in [1.54, 1.807) is 0 Å². The lowest BCUT2D eigenvalue weighted by Crippen LogP contribution is -2.31. The third-order valence-corrected chi connectivity index (χ3v) is 1.47. The Bertz CT molecular complexity index is 132. The first kappa shape index (κ1) is 8.49. The molecular formula is C7H13NO3. The van der Waals surface area contributed by atoms with Crippen molar-refractivity contribution in [1.29, 1.82) is 0 Å². The number of hydroxylamine groups is 1. The van der Waals surface area contributed by atoms with Crippen LogP contribution in [0.3, 0.4) is 0 Å². The molecule has 0 spiro atoms. The molecule has 1 atom stereocenters. The van der Waals surface area contributed by atoms with Gasteiger partial charge in [0, 0.05) is 20.0 Å². The second-order valence-corrected chi connectivity index (χ2v) is 2.57. The number of amides is 1. The van der Waals surface area contributed by atoms with Gasteiger partial charge in [0.05, 0.1) is 0 Å². The van der Waals surface area contributed by atoms with Gasteiger partial charge in [-0.05, 0) is 12.8 Å². The fraction of sp³-hybridized carbons (Fsp3) is 0.857. The van der Waals surface area contributed by atoms with Crippen molar-refractivity contribution >= 4 is 5.91 Å². The lowest BCUT2D eigenvalue weighted by molar-refractivity contribution is -0.199. The quantitative estimate of drug-likeness (QED) is 0.599. The molecule has 1 saturated heterocycles. The number of nitrogens with one attached hydrogen (secondary N) is 1. The smallest absolute Gasteiger partial charge is 0.240 e. The molecule has 4 nitrogen and oxygen atoms in total. The van der Waals surface area contributed by atoms with E-state index in [1.807, 2.05) is 0 Å². The Morgan fingerprint density at radius 1 is 1.64 bits per heavy atom.